The lowest BCUT2D eigenvalue weighted by Crippen LogP contribution is -2.48. The minimum atomic E-state index is -2.21. The molecule has 3 aromatic carbocycles. The maximum atomic E-state index is 10.0. The molecule has 1 N–H and O–H groups in total. The molecule has 3 aromatic rings. The molecule has 0 aliphatic heterocycles. The number of aliphatic hydroxyl groups is 1. The molecule has 0 saturated carbocycles. The number of benzene rings is 3. The van der Waals surface area contributed by atoms with Crippen LogP contribution in [0.3, 0.4) is 0 Å². The molecule has 0 aliphatic rings. The van der Waals surface area contributed by atoms with Crippen molar-refractivity contribution in [2.45, 2.75) is 181 Å². The summed E-state index contributed by atoms with van der Waals surface area (Å²) in [5.41, 5.74) is 2.48. The van der Waals surface area contributed by atoms with E-state index in [4.69, 9.17) is 18.0 Å². The molecular formula is C56H92O5Si3. The molecule has 0 radical (unpaired) electrons. The molecule has 0 bridgehead atoms. The topological polar surface area (TPSA) is 57.2 Å². The van der Waals surface area contributed by atoms with E-state index in [0.717, 1.165) is 29.5 Å². The third-order valence-corrected chi connectivity index (χ3v) is 28.4. The third-order valence-electron chi connectivity index (χ3n) is 15.0. The number of aliphatic hydroxyl groups excluding tert-OH is 1. The fourth-order valence-electron chi connectivity index (χ4n) is 7.72. The third kappa shape index (κ3) is 15.0. The van der Waals surface area contributed by atoms with E-state index < -0.39 is 30.6 Å². The van der Waals surface area contributed by atoms with Gasteiger partial charge in [0.25, 0.3) is 0 Å². The Morgan fingerprint density at radius 1 is 0.516 bits per heavy atom. The van der Waals surface area contributed by atoms with Crippen molar-refractivity contribution in [1.29, 1.82) is 0 Å². The molecule has 0 saturated heterocycles. The Hall–Kier alpha value is -2.41. The van der Waals surface area contributed by atoms with E-state index in [0.29, 0.717) is 6.61 Å². The lowest BCUT2D eigenvalue weighted by atomic mass is 9.80. The Labute approximate surface area is 396 Å². The van der Waals surface area contributed by atoms with Crippen LogP contribution in [0.4, 0.5) is 0 Å². The molecule has 8 heteroatoms. The smallest absolute Gasteiger partial charge is 0.192 e. The highest BCUT2D eigenvalue weighted by Crippen LogP contribution is 2.44. The molecule has 0 aliphatic carbocycles. The summed E-state index contributed by atoms with van der Waals surface area (Å²) in [6, 6.07) is 31.8. The Morgan fingerprint density at radius 3 is 1.33 bits per heavy atom. The van der Waals surface area contributed by atoms with Gasteiger partial charge in [0.15, 0.2) is 25.0 Å². The molecule has 0 spiro atoms. The van der Waals surface area contributed by atoms with Gasteiger partial charge in [-0.3, -0.25) is 0 Å². The maximum absolute atomic E-state index is 10.0. The van der Waals surface area contributed by atoms with E-state index in [9.17, 15) is 5.11 Å². The van der Waals surface area contributed by atoms with Crippen LogP contribution in [-0.4, -0.2) is 61.6 Å². The van der Waals surface area contributed by atoms with Crippen LogP contribution < -0.4 is 0 Å². The molecular weight excluding hydrogens is 837 g/mol. The van der Waals surface area contributed by atoms with Gasteiger partial charge in [-0.05, 0) is 101 Å². The maximum Gasteiger partial charge on any atom is 0.192 e. The summed E-state index contributed by atoms with van der Waals surface area (Å²) in [6.45, 7) is 44.7. The van der Waals surface area contributed by atoms with Gasteiger partial charge in [0.05, 0.1) is 24.9 Å². The van der Waals surface area contributed by atoms with Crippen LogP contribution in [0.1, 0.15) is 120 Å². The molecule has 0 aromatic heterocycles. The van der Waals surface area contributed by atoms with Gasteiger partial charge in [-0.15, -0.1) is 0 Å². The van der Waals surface area contributed by atoms with Gasteiger partial charge in [0, 0.05) is 13.0 Å². The Morgan fingerprint density at radius 2 is 0.922 bits per heavy atom. The SMILES string of the molecule is C[C@@H](CO)C[C@@H](C)[C@@H](O[Si](C)(C)C(C)(C)C)[C@@H](C)/C=C\[C@H](C[C@H](O[Si](C)(C)C(C)(C)C)[C@@H](C)/C=C/COC(c1ccccc1)(c1ccccc1)c1ccccc1)O[Si](C)(C)C(C)(C)C. The van der Waals surface area contributed by atoms with Crippen LogP contribution in [-0.2, 0) is 23.6 Å². The van der Waals surface area contributed by atoms with E-state index in [2.05, 4.69) is 245 Å². The van der Waals surface area contributed by atoms with Gasteiger partial charge in [-0.25, -0.2) is 0 Å². The van der Waals surface area contributed by atoms with E-state index in [1.165, 1.54) is 0 Å². The van der Waals surface area contributed by atoms with Crippen molar-refractivity contribution in [1.82, 2.24) is 0 Å². The number of ether oxygens (including phenoxy) is 1. The van der Waals surface area contributed by atoms with Gasteiger partial charge in [-0.1, -0.05) is 205 Å². The fraction of sp³-hybridized carbons (Fsp3) is 0.607. The van der Waals surface area contributed by atoms with Gasteiger partial charge >= 0.3 is 0 Å². The van der Waals surface area contributed by atoms with Crippen molar-refractivity contribution < 1.29 is 23.1 Å². The number of hydrogen-bond donors (Lipinski definition) is 1. The summed E-state index contributed by atoms with van der Waals surface area (Å²) >= 11 is 0. The fourth-order valence-corrected chi connectivity index (χ4v) is 11.9. The molecule has 0 unspecified atom stereocenters. The Kier molecular flexibility index (Phi) is 20.1. The standard InChI is InChI=1S/C56H92O5Si3/c1-43(42-57)40-46(4)52(61-64(18,19)55(11,12)13)45(3)37-38-50(59-62(14,15)53(5,6)7)41-51(60-63(16,17)54(8,9)10)44(2)30-29-39-58-56(47-31-23-20-24-32-47,48-33-25-21-26-34-48)49-35-27-22-28-36-49/h20-38,43-46,50-52,57H,39-42H2,1-19H3/b30-29+,38-37-/t43-,44+,45+,46-,50-,51+,52+/m1/s1. The number of hydrogen-bond acceptors (Lipinski definition) is 5. The lowest BCUT2D eigenvalue weighted by Gasteiger charge is -2.44. The largest absolute Gasteiger partial charge is 0.413 e. The zero-order valence-corrected chi connectivity index (χ0v) is 46.9. The van der Waals surface area contributed by atoms with Crippen LogP contribution in [0.25, 0.3) is 0 Å². The first-order chi connectivity index (χ1) is 29.5. The molecule has 7 atom stereocenters. The Bertz CT molecular complexity index is 1760. The zero-order chi connectivity index (χ0) is 48.4. The summed E-state index contributed by atoms with van der Waals surface area (Å²) in [7, 11) is -6.52. The average Bonchev–Trinajstić information content (AvgIpc) is 3.21. The van der Waals surface area contributed by atoms with E-state index in [-0.39, 0.29) is 63.7 Å². The summed E-state index contributed by atoms with van der Waals surface area (Å²) in [6.07, 6.45) is 10.7. The van der Waals surface area contributed by atoms with Crippen molar-refractivity contribution in [3.63, 3.8) is 0 Å². The monoisotopic (exact) mass is 929 g/mol. The second-order valence-corrected chi connectivity index (χ2v) is 37.8. The van der Waals surface area contributed by atoms with Crippen LogP contribution in [0.5, 0.6) is 0 Å². The normalized spacial score (nSPS) is 17.3. The highest BCUT2D eigenvalue weighted by molar-refractivity contribution is 6.75. The lowest BCUT2D eigenvalue weighted by molar-refractivity contribution is 0.0314. The second-order valence-electron chi connectivity index (χ2n) is 23.5. The summed E-state index contributed by atoms with van der Waals surface area (Å²) in [5.74, 6) is 0.727. The van der Waals surface area contributed by atoms with Crippen molar-refractivity contribution >= 4 is 25.0 Å². The summed E-state index contributed by atoms with van der Waals surface area (Å²) in [5, 5.41) is 10.2. The second kappa shape index (κ2) is 23.1. The van der Waals surface area contributed by atoms with E-state index >= 15 is 0 Å². The van der Waals surface area contributed by atoms with Crippen LogP contribution in [0.2, 0.25) is 54.4 Å². The molecule has 0 heterocycles. The van der Waals surface area contributed by atoms with Gasteiger partial charge < -0.3 is 23.1 Å². The first-order valence-corrected chi connectivity index (χ1v) is 33.0. The predicted molar refractivity (Wildman–Crippen MR) is 283 cm³/mol. The Balaban J connectivity index is 2.09. The minimum Gasteiger partial charge on any atom is -0.413 e. The van der Waals surface area contributed by atoms with Gasteiger partial charge in [0.2, 0.25) is 0 Å². The van der Waals surface area contributed by atoms with E-state index in [1.54, 1.807) is 0 Å². The highest BCUT2D eigenvalue weighted by atomic mass is 28.4. The summed E-state index contributed by atoms with van der Waals surface area (Å²) < 4.78 is 29.3. The number of rotatable bonds is 23. The van der Waals surface area contributed by atoms with Crippen LogP contribution in [0, 0.1) is 23.7 Å². The molecule has 64 heavy (non-hydrogen) atoms. The first kappa shape index (κ1) is 55.9. The van der Waals surface area contributed by atoms with Crippen LogP contribution in [0.15, 0.2) is 115 Å². The average molecular weight is 930 g/mol. The molecule has 358 valence electrons. The van der Waals surface area contributed by atoms with Crippen molar-refractivity contribution in [3.8, 4) is 0 Å². The molecule has 0 fully saturated rings. The van der Waals surface area contributed by atoms with Crippen molar-refractivity contribution in [3.05, 3.63) is 132 Å². The first-order valence-electron chi connectivity index (χ1n) is 24.3. The van der Waals surface area contributed by atoms with Crippen molar-refractivity contribution in [2.24, 2.45) is 23.7 Å². The van der Waals surface area contributed by atoms with E-state index in [1.807, 2.05) is 0 Å². The predicted octanol–water partition coefficient (Wildman–Crippen LogP) is 15.6. The van der Waals surface area contributed by atoms with Gasteiger partial charge in [0.1, 0.15) is 5.60 Å². The minimum absolute atomic E-state index is 0.0237. The molecule has 3 rings (SSSR count). The quantitative estimate of drug-likeness (QED) is 0.0583. The highest BCUT2D eigenvalue weighted by Gasteiger charge is 2.44. The zero-order valence-electron chi connectivity index (χ0n) is 43.9. The van der Waals surface area contributed by atoms with Gasteiger partial charge in [-0.2, -0.15) is 0 Å². The van der Waals surface area contributed by atoms with Crippen LogP contribution >= 0.6 is 0 Å². The van der Waals surface area contributed by atoms with Crippen molar-refractivity contribution in [2.75, 3.05) is 13.2 Å². The molecule has 0 amide bonds. The molecule has 5 nitrogen and oxygen atoms in total. The summed E-state index contributed by atoms with van der Waals surface area (Å²) in [4.78, 5) is 0.